The molecule has 0 saturated carbocycles. The lowest BCUT2D eigenvalue weighted by molar-refractivity contribution is 0.633. The van der Waals surface area contributed by atoms with Crippen molar-refractivity contribution in [3.8, 4) is 10.7 Å². The van der Waals surface area contributed by atoms with Gasteiger partial charge in [-0.05, 0) is 52.2 Å². The van der Waals surface area contributed by atoms with E-state index < -0.39 is 0 Å². The van der Waals surface area contributed by atoms with Gasteiger partial charge in [-0.1, -0.05) is 13.8 Å². The number of nitrogens with two attached hydrogens (primary N) is 1. The number of aromatic nitrogens is 2. The predicted molar refractivity (Wildman–Crippen MR) is 80.7 cm³/mol. The zero-order valence-corrected chi connectivity index (χ0v) is 13.1. The fourth-order valence-electron chi connectivity index (χ4n) is 1.74. The molecule has 0 radical (unpaired) electrons. The molecule has 0 aliphatic rings. The summed E-state index contributed by atoms with van der Waals surface area (Å²) in [4.78, 5) is 10.1. The molecule has 2 aromatic rings. The van der Waals surface area contributed by atoms with Crippen LogP contribution in [0.25, 0.3) is 10.7 Å². The first-order valence-electron chi connectivity index (χ1n) is 5.85. The second-order valence-corrected chi connectivity index (χ2v) is 6.43. The van der Waals surface area contributed by atoms with Crippen LogP contribution in [0.3, 0.4) is 0 Å². The highest BCUT2D eigenvalue weighted by Gasteiger charge is 2.14. The molecule has 2 heterocycles. The van der Waals surface area contributed by atoms with Gasteiger partial charge in [-0.25, -0.2) is 9.97 Å². The van der Waals surface area contributed by atoms with E-state index in [0.717, 1.165) is 27.3 Å². The first-order chi connectivity index (χ1) is 8.49. The Bertz CT molecular complexity index is 563. The first kappa shape index (κ1) is 13.5. The Morgan fingerprint density at radius 1 is 1.39 bits per heavy atom. The van der Waals surface area contributed by atoms with Gasteiger partial charge >= 0.3 is 0 Å². The second-order valence-electron chi connectivity index (χ2n) is 4.72. The van der Waals surface area contributed by atoms with Crippen molar-refractivity contribution in [2.45, 2.75) is 27.2 Å². The maximum Gasteiger partial charge on any atom is 0.172 e. The predicted octanol–water partition coefficient (Wildman–Crippen LogP) is 4.06. The molecule has 0 unspecified atom stereocenters. The lowest BCUT2D eigenvalue weighted by atomic mass is 10.1. The molecule has 2 aromatic heterocycles. The Morgan fingerprint density at radius 3 is 2.67 bits per heavy atom. The maximum absolute atomic E-state index is 5.96. The Balaban J connectivity index is 2.51. The van der Waals surface area contributed by atoms with Gasteiger partial charge in [0.15, 0.2) is 5.82 Å². The highest BCUT2D eigenvalue weighted by atomic mass is 79.9. The van der Waals surface area contributed by atoms with Crippen molar-refractivity contribution in [2.75, 3.05) is 5.73 Å². The van der Waals surface area contributed by atoms with Crippen LogP contribution >= 0.6 is 27.3 Å². The number of hydrogen-bond donors (Lipinski definition) is 1. The van der Waals surface area contributed by atoms with Gasteiger partial charge in [0, 0.05) is 0 Å². The summed E-state index contributed by atoms with van der Waals surface area (Å²) >= 11 is 5.13. The molecule has 0 atom stereocenters. The smallest absolute Gasteiger partial charge is 0.172 e. The van der Waals surface area contributed by atoms with Crippen molar-refractivity contribution in [3.05, 3.63) is 27.2 Å². The minimum Gasteiger partial charge on any atom is -0.383 e. The molecule has 0 aliphatic heterocycles. The van der Waals surface area contributed by atoms with Gasteiger partial charge in [-0.3, -0.25) is 0 Å². The van der Waals surface area contributed by atoms with Crippen LogP contribution in [0.15, 0.2) is 15.9 Å². The Hall–Kier alpha value is -0.940. The van der Waals surface area contributed by atoms with Gasteiger partial charge in [0.1, 0.15) is 5.82 Å². The Kier molecular flexibility index (Phi) is 4.02. The summed E-state index contributed by atoms with van der Waals surface area (Å²) in [6.45, 7) is 6.40. The lowest BCUT2D eigenvalue weighted by Gasteiger charge is -2.10. The van der Waals surface area contributed by atoms with E-state index in [4.69, 9.17) is 5.73 Å². The van der Waals surface area contributed by atoms with Crippen molar-refractivity contribution >= 4 is 33.1 Å². The van der Waals surface area contributed by atoms with Gasteiger partial charge in [0.05, 0.1) is 15.0 Å². The van der Waals surface area contributed by atoms with Crippen LogP contribution in [0.4, 0.5) is 5.82 Å². The molecule has 0 amide bonds. The maximum atomic E-state index is 5.96. The van der Waals surface area contributed by atoms with Gasteiger partial charge in [0.2, 0.25) is 0 Å². The summed E-state index contributed by atoms with van der Waals surface area (Å²) < 4.78 is 0.828. The lowest BCUT2D eigenvalue weighted by Crippen LogP contribution is -2.05. The van der Waals surface area contributed by atoms with Crippen LogP contribution in [0.5, 0.6) is 0 Å². The van der Waals surface area contributed by atoms with Gasteiger partial charge < -0.3 is 5.73 Å². The zero-order valence-electron chi connectivity index (χ0n) is 10.7. The van der Waals surface area contributed by atoms with Crippen LogP contribution in [-0.4, -0.2) is 9.97 Å². The van der Waals surface area contributed by atoms with Crippen molar-refractivity contribution < 1.29 is 0 Å². The fraction of sp³-hybridized carbons (Fsp3) is 0.385. The molecule has 2 N–H and O–H groups in total. The van der Waals surface area contributed by atoms with E-state index in [0.29, 0.717) is 11.7 Å². The van der Waals surface area contributed by atoms with Crippen LogP contribution in [0, 0.1) is 12.8 Å². The minimum atomic E-state index is 0.517. The Morgan fingerprint density at radius 2 is 2.11 bits per heavy atom. The molecular weight excluding hydrogens is 310 g/mol. The molecule has 0 saturated heterocycles. The third-order valence-electron chi connectivity index (χ3n) is 2.61. The number of rotatable bonds is 3. The summed E-state index contributed by atoms with van der Waals surface area (Å²) in [6, 6.07) is 2.07. The van der Waals surface area contributed by atoms with Gasteiger partial charge in [0.25, 0.3) is 0 Å². The number of nitrogens with zero attached hydrogens (tertiary/aromatic N) is 2. The van der Waals surface area contributed by atoms with E-state index >= 15 is 0 Å². The third-order valence-corrected chi connectivity index (χ3v) is 4.49. The molecule has 0 aromatic carbocycles. The van der Waals surface area contributed by atoms with E-state index in [9.17, 15) is 0 Å². The summed E-state index contributed by atoms with van der Waals surface area (Å²) in [6.07, 6.45) is 0.894. The quantitative estimate of drug-likeness (QED) is 0.925. The third kappa shape index (κ3) is 2.72. The number of aryl methyl sites for hydroxylation is 1. The van der Waals surface area contributed by atoms with E-state index in [2.05, 4.69) is 52.7 Å². The first-order valence-corrected chi connectivity index (χ1v) is 7.52. The highest BCUT2D eigenvalue weighted by Crippen LogP contribution is 2.30. The molecule has 5 heteroatoms. The number of anilines is 1. The zero-order chi connectivity index (χ0) is 13.3. The standard InChI is InChI=1S/C13H16BrN3S/c1-7(2)6-9-10(14)12(15)17-13(16-9)11-8(3)4-5-18-11/h4-5,7H,6H2,1-3H3,(H2,15,16,17). The molecule has 2 rings (SSSR count). The van der Waals surface area contributed by atoms with Crippen molar-refractivity contribution in [3.63, 3.8) is 0 Å². The molecule has 3 nitrogen and oxygen atoms in total. The molecule has 0 aliphatic carbocycles. The minimum absolute atomic E-state index is 0.517. The summed E-state index contributed by atoms with van der Waals surface area (Å²) in [5.41, 5.74) is 8.14. The second kappa shape index (κ2) is 5.36. The van der Waals surface area contributed by atoms with Crippen LogP contribution in [0.2, 0.25) is 0 Å². The van der Waals surface area contributed by atoms with Gasteiger partial charge in [-0.2, -0.15) is 0 Å². The van der Waals surface area contributed by atoms with Crippen LogP contribution < -0.4 is 5.73 Å². The number of halogens is 1. The molecule has 0 spiro atoms. The van der Waals surface area contributed by atoms with Crippen molar-refractivity contribution in [1.82, 2.24) is 9.97 Å². The molecule has 96 valence electrons. The summed E-state index contributed by atoms with van der Waals surface area (Å²) in [5, 5.41) is 2.05. The average molecular weight is 326 g/mol. The van der Waals surface area contributed by atoms with Gasteiger partial charge in [-0.15, -0.1) is 11.3 Å². The molecule has 18 heavy (non-hydrogen) atoms. The largest absolute Gasteiger partial charge is 0.383 e. The number of thiophene rings is 1. The average Bonchev–Trinajstić information content (AvgIpc) is 2.70. The topological polar surface area (TPSA) is 51.8 Å². The van der Waals surface area contributed by atoms with Crippen molar-refractivity contribution in [1.29, 1.82) is 0 Å². The van der Waals surface area contributed by atoms with Crippen LogP contribution in [-0.2, 0) is 6.42 Å². The van der Waals surface area contributed by atoms with E-state index in [1.54, 1.807) is 11.3 Å². The summed E-state index contributed by atoms with van der Waals surface area (Å²) in [5.74, 6) is 1.79. The summed E-state index contributed by atoms with van der Waals surface area (Å²) in [7, 11) is 0. The van der Waals surface area contributed by atoms with E-state index in [1.807, 2.05) is 5.38 Å². The Labute approximate surface area is 120 Å². The molecule has 0 fully saturated rings. The molecular formula is C13H16BrN3S. The SMILES string of the molecule is Cc1ccsc1-c1nc(N)c(Br)c(CC(C)C)n1. The normalized spacial score (nSPS) is 11.2. The monoisotopic (exact) mass is 325 g/mol. The van der Waals surface area contributed by atoms with Crippen molar-refractivity contribution in [2.24, 2.45) is 5.92 Å². The van der Waals surface area contributed by atoms with Crippen LogP contribution in [0.1, 0.15) is 25.1 Å². The highest BCUT2D eigenvalue weighted by molar-refractivity contribution is 9.10. The number of hydrogen-bond acceptors (Lipinski definition) is 4. The fourth-order valence-corrected chi connectivity index (χ4v) is 2.94. The van der Waals surface area contributed by atoms with E-state index in [1.165, 1.54) is 5.56 Å². The molecule has 0 bridgehead atoms. The van der Waals surface area contributed by atoms with E-state index in [-0.39, 0.29) is 0 Å². The number of nitrogen functional groups attached to an aromatic ring is 1.